The fourth-order valence-corrected chi connectivity index (χ4v) is 11.8. The zero-order chi connectivity index (χ0) is 28.5. The molecule has 1 heterocycles. The van der Waals surface area contributed by atoms with E-state index in [2.05, 4.69) is 75.9 Å². The summed E-state index contributed by atoms with van der Waals surface area (Å²) in [6.07, 6.45) is 1.46. The van der Waals surface area contributed by atoms with Gasteiger partial charge in [-0.2, -0.15) is 0 Å². The molecule has 1 aliphatic carbocycles. The lowest BCUT2D eigenvalue weighted by atomic mass is 9.89. The molecular weight excluding hydrogens is 510 g/mol. The van der Waals surface area contributed by atoms with Gasteiger partial charge in [0.25, 0.3) is 8.32 Å². The van der Waals surface area contributed by atoms with Gasteiger partial charge in [-0.1, -0.05) is 124 Å². The number of Topliss-reactive ketones (excluding diaryl/α,β-unsaturated/α-hetero) is 1. The minimum atomic E-state index is -2.66. The molecule has 1 aliphatic heterocycles. The van der Waals surface area contributed by atoms with Crippen LogP contribution in [0.4, 0.5) is 0 Å². The summed E-state index contributed by atoms with van der Waals surface area (Å²) in [7, 11) is -2.66. The monoisotopic (exact) mass is 551 g/mol. The molecule has 0 N–H and O–H groups in total. The maximum atomic E-state index is 13.8. The van der Waals surface area contributed by atoms with E-state index in [4.69, 9.17) is 4.43 Å². The van der Waals surface area contributed by atoms with Crippen molar-refractivity contribution < 1.29 is 14.0 Å². The highest BCUT2D eigenvalue weighted by molar-refractivity contribution is 6.99. The molecule has 2 fully saturated rings. The molecule has 2 aliphatic rings. The molecule has 3 aromatic rings. The third-order valence-corrected chi connectivity index (χ3v) is 14.2. The maximum Gasteiger partial charge on any atom is 0.261 e. The van der Waals surface area contributed by atoms with Gasteiger partial charge in [0.2, 0.25) is 5.91 Å². The largest absolute Gasteiger partial charge is 0.407 e. The van der Waals surface area contributed by atoms with Crippen LogP contribution in [0.15, 0.2) is 103 Å². The van der Waals surface area contributed by atoms with Crippen LogP contribution in [0, 0.1) is 17.3 Å². The molecule has 5 rings (SSSR count). The molecule has 4 nitrogen and oxygen atoms in total. The Morgan fingerprint density at radius 3 is 1.98 bits per heavy atom. The highest BCUT2D eigenvalue weighted by Gasteiger charge is 2.74. The van der Waals surface area contributed by atoms with Gasteiger partial charge in [0, 0.05) is 25.6 Å². The summed E-state index contributed by atoms with van der Waals surface area (Å²) in [5, 5.41) is 2.37. The lowest BCUT2D eigenvalue weighted by Gasteiger charge is -2.43. The molecule has 0 aromatic heterocycles. The van der Waals surface area contributed by atoms with Gasteiger partial charge in [-0.25, -0.2) is 0 Å². The van der Waals surface area contributed by atoms with Crippen LogP contribution in [0.1, 0.15) is 46.1 Å². The first-order valence-electron chi connectivity index (χ1n) is 14.4. The smallest absolute Gasteiger partial charge is 0.261 e. The minimum Gasteiger partial charge on any atom is -0.407 e. The van der Waals surface area contributed by atoms with Crippen LogP contribution in [0.5, 0.6) is 0 Å². The Balaban J connectivity index is 1.36. The average molecular weight is 552 g/mol. The molecule has 1 saturated carbocycles. The lowest BCUT2D eigenvalue weighted by molar-refractivity contribution is -0.146. The molecule has 0 unspecified atom stereocenters. The van der Waals surface area contributed by atoms with Crippen molar-refractivity contribution in [2.75, 3.05) is 13.2 Å². The minimum absolute atomic E-state index is 0.0284. The molecule has 1 saturated heterocycles. The quantitative estimate of drug-likeness (QED) is 0.183. The van der Waals surface area contributed by atoms with E-state index in [1.807, 2.05) is 47.4 Å². The van der Waals surface area contributed by atoms with Crippen molar-refractivity contribution in [1.29, 1.82) is 0 Å². The fraction of sp³-hybridized carbons (Fsp3) is 0.371. The molecule has 0 bridgehead atoms. The van der Waals surface area contributed by atoms with E-state index in [0.29, 0.717) is 26.1 Å². The molecule has 40 heavy (non-hydrogen) atoms. The van der Waals surface area contributed by atoms with Gasteiger partial charge in [-0.05, 0) is 46.7 Å². The number of ketones is 1. The van der Waals surface area contributed by atoms with Gasteiger partial charge in [-0.3, -0.25) is 9.59 Å². The van der Waals surface area contributed by atoms with Crippen molar-refractivity contribution in [2.45, 2.75) is 52.1 Å². The van der Waals surface area contributed by atoms with Crippen LogP contribution >= 0.6 is 0 Å². The second-order valence-electron chi connectivity index (χ2n) is 12.4. The highest BCUT2D eigenvalue weighted by atomic mass is 28.4. The van der Waals surface area contributed by atoms with Gasteiger partial charge in [0.15, 0.2) is 0 Å². The first kappa shape index (κ1) is 28.3. The molecule has 5 heteroatoms. The summed E-state index contributed by atoms with van der Waals surface area (Å²) < 4.78 is 7.09. The highest BCUT2D eigenvalue weighted by Crippen LogP contribution is 2.67. The zero-order valence-electron chi connectivity index (χ0n) is 24.2. The predicted molar refractivity (Wildman–Crippen MR) is 164 cm³/mol. The van der Waals surface area contributed by atoms with E-state index < -0.39 is 13.7 Å². The third kappa shape index (κ3) is 4.69. The molecule has 0 spiro atoms. The van der Waals surface area contributed by atoms with Crippen molar-refractivity contribution in [3.8, 4) is 0 Å². The van der Waals surface area contributed by atoms with Gasteiger partial charge < -0.3 is 9.33 Å². The van der Waals surface area contributed by atoms with Gasteiger partial charge in [-0.15, -0.1) is 0 Å². The Hall–Kier alpha value is -3.28. The summed E-state index contributed by atoms with van der Waals surface area (Å²) in [5.74, 6) is -0.121. The Morgan fingerprint density at radius 2 is 1.48 bits per heavy atom. The van der Waals surface area contributed by atoms with E-state index in [1.165, 1.54) is 10.4 Å². The van der Waals surface area contributed by atoms with Crippen LogP contribution in [-0.2, 0) is 20.6 Å². The SMILES string of the molecule is C=C(CCO[Si](c1ccccc1)(c1ccccc1)C(C)(C)C)[C@H]1[C@@H]2CCN(Cc3ccccc3)C(=O)[C@@]21C(C)=O. The van der Waals surface area contributed by atoms with Crippen LogP contribution < -0.4 is 10.4 Å². The lowest BCUT2D eigenvalue weighted by Crippen LogP contribution is -2.66. The summed E-state index contributed by atoms with van der Waals surface area (Å²) in [6.45, 7) is 14.6. The molecule has 3 aromatic carbocycles. The van der Waals surface area contributed by atoms with Crippen LogP contribution in [0.3, 0.4) is 0 Å². The number of hydrogen-bond acceptors (Lipinski definition) is 3. The average Bonchev–Trinajstić information content (AvgIpc) is 3.65. The number of nitrogens with zero attached hydrogens (tertiary/aromatic N) is 1. The molecule has 3 atom stereocenters. The summed E-state index contributed by atoms with van der Waals surface area (Å²) in [4.78, 5) is 28.8. The maximum absolute atomic E-state index is 13.8. The number of carbonyl (C=O) groups is 2. The topological polar surface area (TPSA) is 46.6 Å². The van der Waals surface area contributed by atoms with Crippen LogP contribution in [0.2, 0.25) is 5.04 Å². The third-order valence-electron chi connectivity index (χ3n) is 9.12. The molecule has 208 valence electrons. The number of benzene rings is 3. The molecule has 0 radical (unpaired) electrons. The number of hydrogen-bond donors (Lipinski definition) is 0. The Labute approximate surface area is 240 Å². The van der Waals surface area contributed by atoms with Crippen molar-refractivity contribution >= 4 is 30.4 Å². The van der Waals surface area contributed by atoms with E-state index >= 15 is 0 Å². The van der Waals surface area contributed by atoms with E-state index in [-0.39, 0.29) is 28.6 Å². The van der Waals surface area contributed by atoms with E-state index in [0.717, 1.165) is 17.6 Å². The normalized spacial score (nSPS) is 22.5. The fourth-order valence-electron chi connectivity index (χ4n) is 7.25. The van der Waals surface area contributed by atoms with E-state index in [1.54, 1.807) is 6.92 Å². The van der Waals surface area contributed by atoms with Gasteiger partial charge >= 0.3 is 0 Å². The van der Waals surface area contributed by atoms with Crippen molar-refractivity contribution in [1.82, 2.24) is 4.90 Å². The Kier molecular flexibility index (Phi) is 7.73. The summed E-state index contributed by atoms with van der Waals surface area (Å²) >= 11 is 0. The number of likely N-dealkylation sites (tertiary alicyclic amines) is 1. The second-order valence-corrected chi connectivity index (χ2v) is 16.7. The summed E-state index contributed by atoms with van der Waals surface area (Å²) in [5.41, 5.74) is 1.09. The number of rotatable bonds is 10. The Bertz CT molecular complexity index is 1330. The molecular formula is C35H41NO3Si. The Morgan fingerprint density at radius 1 is 0.950 bits per heavy atom. The zero-order valence-corrected chi connectivity index (χ0v) is 25.2. The first-order chi connectivity index (χ1) is 19.1. The first-order valence-corrected chi connectivity index (χ1v) is 16.3. The number of piperidine rings is 1. The van der Waals surface area contributed by atoms with Crippen molar-refractivity contribution in [2.24, 2.45) is 17.3 Å². The van der Waals surface area contributed by atoms with Crippen LogP contribution in [0.25, 0.3) is 0 Å². The number of carbonyl (C=O) groups excluding carboxylic acids is 2. The predicted octanol–water partition coefficient (Wildman–Crippen LogP) is 5.76. The van der Waals surface area contributed by atoms with E-state index in [9.17, 15) is 9.59 Å². The standard InChI is InChI=1S/C35H41NO3Si/c1-26(32-31-21-23-36(25-28-15-9-6-10-16-28)33(38)35(31,32)27(2)37)22-24-39-40(34(3,4)5,29-17-11-7-12-18-29)30-19-13-8-14-20-30/h6-20,31-32H,1,21-25H2,2-5H3/t31-,32-,35-/m0/s1. The molecule has 1 amide bonds. The summed E-state index contributed by atoms with van der Waals surface area (Å²) in [6, 6.07) is 31.2. The van der Waals surface area contributed by atoms with Crippen LogP contribution in [-0.4, -0.2) is 38.1 Å². The number of amides is 1. The van der Waals surface area contributed by atoms with Gasteiger partial charge in [0.1, 0.15) is 11.2 Å². The number of fused-ring (bicyclic) bond motifs is 1. The van der Waals surface area contributed by atoms with Crippen molar-refractivity contribution in [3.63, 3.8) is 0 Å². The van der Waals surface area contributed by atoms with Gasteiger partial charge in [0.05, 0.1) is 0 Å². The van der Waals surface area contributed by atoms with Crippen molar-refractivity contribution in [3.05, 3.63) is 109 Å². The second kappa shape index (κ2) is 10.9.